The van der Waals surface area contributed by atoms with Crippen molar-refractivity contribution < 1.29 is 14.5 Å². The summed E-state index contributed by atoms with van der Waals surface area (Å²) in [5, 5.41) is 14.3. The summed E-state index contributed by atoms with van der Waals surface area (Å²) in [7, 11) is 1.62. The van der Waals surface area contributed by atoms with Crippen LogP contribution in [-0.2, 0) is 12.8 Å². The van der Waals surface area contributed by atoms with Crippen LogP contribution >= 0.6 is 11.3 Å². The van der Waals surface area contributed by atoms with Gasteiger partial charge in [0.25, 0.3) is 11.6 Å². The third-order valence-electron chi connectivity index (χ3n) is 4.46. The molecule has 3 aromatic rings. The van der Waals surface area contributed by atoms with Crippen molar-refractivity contribution in [2.75, 3.05) is 12.4 Å². The second-order valence-corrected chi connectivity index (χ2v) is 7.13. The molecule has 1 heterocycles. The molecular weight excluding hydrogens is 366 g/mol. The van der Waals surface area contributed by atoms with Crippen LogP contribution in [0, 0.1) is 10.1 Å². The fourth-order valence-corrected chi connectivity index (χ4v) is 4.11. The number of carbonyl (C=O) groups excluding carboxylic acids is 1. The van der Waals surface area contributed by atoms with Gasteiger partial charge in [0.05, 0.1) is 17.7 Å². The number of thiazole rings is 1. The molecule has 0 spiro atoms. The molecule has 0 aliphatic heterocycles. The number of rotatable bonds is 4. The Morgan fingerprint density at radius 1 is 1.26 bits per heavy atom. The van der Waals surface area contributed by atoms with Crippen molar-refractivity contribution in [3.63, 3.8) is 0 Å². The molecule has 1 aliphatic carbocycles. The number of nitrogens with one attached hydrogen (secondary N) is 1. The summed E-state index contributed by atoms with van der Waals surface area (Å²) in [6.07, 6.45) is 1.74. The lowest BCUT2D eigenvalue weighted by Crippen LogP contribution is -2.13. The van der Waals surface area contributed by atoms with Crippen molar-refractivity contribution in [3.8, 4) is 17.0 Å². The second kappa shape index (κ2) is 6.81. The Morgan fingerprint density at radius 2 is 2.07 bits per heavy atom. The van der Waals surface area contributed by atoms with E-state index in [0.29, 0.717) is 5.13 Å². The number of para-hydroxylation sites is 1. The molecule has 0 radical (unpaired) electrons. The molecule has 0 saturated heterocycles. The first-order valence-electron chi connectivity index (χ1n) is 8.28. The van der Waals surface area contributed by atoms with E-state index < -0.39 is 10.8 Å². The molecule has 0 bridgehead atoms. The van der Waals surface area contributed by atoms with Gasteiger partial charge in [-0.25, -0.2) is 4.98 Å². The van der Waals surface area contributed by atoms with E-state index in [0.717, 1.165) is 34.7 Å². The van der Waals surface area contributed by atoms with Crippen LogP contribution in [-0.4, -0.2) is 22.9 Å². The Hall–Kier alpha value is -3.26. The summed E-state index contributed by atoms with van der Waals surface area (Å²) in [6.45, 7) is 0. The summed E-state index contributed by atoms with van der Waals surface area (Å²) in [4.78, 5) is 28.7. The van der Waals surface area contributed by atoms with Gasteiger partial charge in [0.1, 0.15) is 11.3 Å². The SMILES string of the molecule is COc1ccc2c(c1)-c1nc(NC(=O)c3ccccc3[N+](=O)[O-])sc1CC2. The molecule has 1 N–H and O–H groups in total. The zero-order valence-electron chi connectivity index (χ0n) is 14.4. The number of aryl methyl sites for hydroxylation is 2. The minimum atomic E-state index is -0.565. The lowest BCUT2D eigenvalue weighted by Gasteiger charge is -2.15. The van der Waals surface area contributed by atoms with Crippen LogP contribution in [0.4, 0.5) is 10.8 Å². The van der Waals surface area contributed by atoms with Crippen LogP contribution < -0.4 is 10.1 Å². The number of aromatic nitrogens is 1. The number of anilines is 1. The molecule has 2 aromatic carbocycles. The minimum absolute atomic E-state index is 0.0118. The Kier molecular flexibility index (Phi) is 4.33. The van der Waals surface area contributed by atoms with E-state index in [1.54, 1.807) is 13.2 Å². The van der Waals surface area contributed by atoms with E-state index >= 15 is 0 Å². The molecule has 0 fully saturated rings. The maximum absolute atomic E-state index is 12.5. The van der Waals surface area contributed by atoms with E-state index in [1.807, 2.05) is 18.2 Å². The highest BCUT2D eigenvalue weighted by Crippen LogP contribution is 2.39. The molecule has 8 heteroatoms. The molecule has 0 atom stereocenters. The number of methoxy groups -OCH3 is 1. The van der Waals surface area contributed by atoms with Crippen LogP contribution in [0.25, 0.3) is 11.3 Å². The average molecular weight is 381 g/mol. The summed E-state index contributed by atoms with van der Waals surface area (Å²) in [5.74, 6) is 0.208. The highest BCUT2D eigenvalue weighted by atomic mass is 32.1. The number of hydrogen-bond acceptors (Lipinski definition) is 6. The van der Waals surface area contributed by atoms with Gasteiger partial charge in [-0.15, -0.1) is 11.3 Å². The molecule has 1 aliphatic rings. The maximum atomic E-state index is 12.5. The smallest absolute Gasteiger partial charge is 0.282 e. The monoisotopic (exact) mass is 381 g/mol. The molecule has 27 heavy (non-hydrogen) atoms. The molecule has 1 amide bonds. The normalized spacial score (nSPS) is 12.0. The Bertz CT molecular complexity index is 1060. The molecule has 0 unspecified atom stereocenters. The highest BCUT2D eigenvalue weighted by Gasteiger charge is 2.24. The van der Waals surface area contributed by atoms with Gasteiger partial charge in [0.2, 0.25) is 0 Å². The predicted octanol–water partition coefficient (Wildman–Crippen LogP) is 4.08. The number of nitrogens with zero attached hydrogens (tertiary/aromatic N) is 2. The third kappa shape index (κ3) is 3.15. The van der Waals surface area contributed by atoms with Crippen molar-refractivity contribution in [2.45, 2.75) is 12.8 Å². The van der Waals surface area contributed by atoms with Crippen LogP contribution in [0.5, 0.6) is 5.75 Å². The number of fused-ring (bicyclic) bond motifs is 3. The van der Waals surface area contributed by atoms with E-state index in [4.69, 9.17) is 4.74 Å². The molecular formula is C19H15N3O4S. The highest BCUT2D eigenvalue weighted by molar-refractivity contribution is 7.16. The van der Waals surface area contributed by atoms with E-state index in [-0.39, 0.29) is 11.3 Å². The molecule has 1 aromatic heterocycles. The number of amides is 1. The predicted molar refractivity (Wildman–Crippen MR) is 103 cm³/mol. The van der Waals surface area contributed by atoms with Gasteiger partial charge in [-0.1, -0.05) is 18.2 Å². The van der Waals surface area contributed by atoms with Crippen LogP contribution in [0.3, 0.4) is 0 Å². The number of carbonyl (C=O) groups is 1. The lowest BCUT2D eigenvalue weighted by atomic mass is 9.93. The van der Waals surface area contributed by atoms with Crippen molar-refractivity contribution in [1.29, 1.82) is 0 Å². The number of ether oxygens (including phenoxy) is 1. The van der Waals surface area contributed by atoms with Crippen molar-refractivity contribution in [3.05, 3.63) is 68.6 Å². The first-order valence-corrected chi connectivity index (χ1v) is 9.10. The Balaban J connectivity index is 1.65. The number of benzene rings is 2. The topological polar surface area (TPSA) is 94.4 Å². The van der Waals surface area contributed by atoms with Crippen LogP contribution in [0.15, 0.2) is 42.5 Å². The van der Waals surface area contributed by atoms with E-state index in [1.165, 1.54) is 35.1 Å². The minimum Gasteiger partial charge on any atom is -0.497 e. The molecule has 136 valence electrons. The first-order chi connectivity index (χ1) is 13.1. The fraction of sp³-hybridized carbons (Fsp3) is 0.158. The number of hydrogen-bond donors (Lipinski definition) is 1. The Labute approximate surface area is 158 Å². The third-order valence-corrected chi connectivity index (χ3v) is 5.49. The zero-order chi connectivity index (χ0) is 19.0. The standard InChI is InChI=1S/C19H15N3O4S/c1-26-12-8-6-11-7-9-16-17(14(11)10-12)20-19(27-16)21-18(23)13-4-2-3-5-15(13)22(24)25/h2-6,8,10H,7,9H2,1H3,(H,20,21,23). The van der Waals surface area contributed by atoms with Crippen LogP contribution in [0.2, 0.25) is 0 Å². The number of nitro groups is 1. The lowest BCUT2D eigenvalue weighted by molar-refractivity contribution is -0.385. The molecule has 7 nitrogen and oxygen atoms in total. The van der Waals surface area contributed by atoms with E-state index in [9.17, 15) is 14.9 Å². The maximum Gasteiger partial charge on any atom is 0.282 e. The van der Waals surface area contributed by atoms with Gasteiger partial charge in [-0.2, -0.15) is 0 Å². The van der Waals surface area contributed by atoms with Gasteiger partial charge >= 0.3 is 0 Å². The van der Waals surface area contributed by atoms with Crippen LogP contribution in [0.1, 0.15) is 20.8 Å². The average Bonchev–Trinajstić information content (AvgIpc) is 3.10. The van der Waals surface area contributed by atoms with Crippen molar-refractivity contribution in [1.82, 2.24) is 4.98 Å². The molecule has 0 saturated carbocycles. The summed E-state index contributed by atoms with van der Waals surface area (Å²) in [5.41, 5.74) is 2.80. The van der Waals surface area contributed by atoms with Crippen molar-refractivity contribution in [2.24, 2.45) is 0 Å². The zero-order valence-corrected chi connectivity index (χ0v) is 15.2. The van der Waals surface area contributed by atoms with Gasteiger partial charge in [-0.3, -0.25) is 20.2 Å². The van der Waals surface area contributed by atoms with Gasteiger partial charge in [0.15, 0.2) is 5.13 Å². The number of nitro benzene ring substituents is 1. The van der Waals surface area contributed by atoms with Gasteiger partial charge in [-0.05, 0) is 36.6 Å². The quantitative estimate of drug-likeness (QED) is 0.543. The Morgan fingerprint density at radius 3 is 2.85 bits per heavy atom. The fourth-order valence-electron chi connectivity index (χ4n) is 3.14. The molecule has 4 rings (SSSR count). The van der Waals surface area contributed by atoms with Gasteiger partial charge in [0, 0.05) is 16.5 Å². The summed E-state index contributed by atoms with van der Waals surface area (Å²) >= 11 is 1.40. The van der Waals surface area contributed by atoms with Crippen molar-refractivity contribution >= 4 is 28.1 Å². The summed E-state index contributed by atoms with van der Waals surface area (Å²) < 4.78 is 5.30. The first kappa shape index (κ1) is 17.2. The van der Waals surface area contributed by atoms with E-state index in [2.05, 4.69) is 10.3 Å². The van der Waals surface area contributed by atoms with Gasteiger partial charge < -0.3 is 4.74 Å². The largest absolute Gasteiger partial charge is 0.497 e. The summed E-state index contributed by atoms with van der Waals surface area (Å²) in [6, 6.07) is 11.8. The second-order valence-electron chi connectivity index (χ2n) is 6.04.